The van der Waals surface area contributed by atoms with Crippen molar-refractivity contribution in [2.24, 2.45) is 0 Å². The van der Waals surface area contributed by atoms with Crippen molar-refractivity contribution in [1.82, 2.24) is 0 Å². The number of fused-ring (bicyclic) bond motifs is 5. The fourth-order valence-electron chi connectivity index (χ4n) is 10.3. The molecule has 3 heteroatoms. The van der Waals surface area contributed by atoms with Gasteiger partial charge < -0.3 is 14.7 Å². The Morgan fingerprint density at radius 3 is 1.32 bits per heavy atom. The van der Waals surface area contributed by atoms with Crippen molar-refractivity contribution in [3.8, 4) is 44.5 Å². The van der Waals surface area contributed by atoms with E-state index in [0.717, 1.165) is 62.3 Å². The lowest BCUT2D eigenvalue weighted by atomic mass is 9.82. The largest absolute Gasteiger partial charge is 0.310 e. The molecule has 1 aliphatic heterocycles. The first-order valence-corrected chi connectivity index (χ1v) is 22.8. The Balaban J connectivity index is 0.950. The second-order valence-electron chi connectivity index (χ2n) is 17.8. The van der Waals surface area contributed by atoms with E-state index in [1.54, 1.807) is 0 Å². The maximum absolute atomic E-state index is 2.42. The molecule has 1 aliphatic carbocycles. The number of para-hydroxylation sites is 4. The highest BCUT2D eigenvalue weighted by Crippen LogP contribution is 2.55. The van der Waals surface area contributed by atoms with Gasteiger partial charge in [0.2, 0.25) is 0 Å². The first-order valence-electron chi connectivity index (χ1n) is 22.8. The summed E-state index contributed by atoms with van der Waals surface area (Å²) in [6.07, 6.45) is 0. The van der Waals surface area contributed by atoms with Crippen LogP contribution in [0.25, 0.3) is 44.5 Å². The Hall–Kier alpha value is -8.40. The molecule has 66 heavy (non-hydrogen) atoms. The summed E-state index contributed by atoms with van der Waals surface area (Å²) >= 11 is 0. The van der Waals surface area contributed by atoms with Crippen molar-refractivity contribution < 1.29 is 0 Å². The predicted octanol–water partition coefficient (Wildman–Crippen LogP) is 17.7. The second-order valence-corrected chi connectivity index (χ2v) is 17.8. The molecule has 10 aromatic carbocycles. The van der Waals surface area contributed by atoms with Gasteiger partial charge in [-0.2, -0.15) is 0 Å². The number of rotatable bonds is 8. The average Bonchev–Trinajstić information content (AvgIpc) is 3.61. The van der Waals surface area contributed by atoms with Crippen molar-refractivity contribution >= 4 is 51.2 Å². The van der Waals surface area contributed by atoms with Crippen LogP contribution in [0.1, 0.15) is 25.0 Å². The molecule has 2 aliphatic rings. The monoisotopic (exact) mass is 845 g/mol. The van der Waals surface area contributed by atoms with Crippen LogP contribution in [0.2, 0.25) is 0 Å². The molecule has 0 N–H and O–H groups in total. The fraction of sp³-hybridized carbons (Fsp3) is 0.0476. The van der Waals surface area contributed by atoms with Gasteiger partial charge in [0.15, 0.2) is 0 Å². The topological polar surface area (TPSA) is 9.72 Å². The van der Waals surface area contributed by atoms with Crippen LogP contribution in [-0.2, 0) is 5.41 Å². The normalized spacial score (nSPS) is 13.1. The smallest absolute Gasteiger partial charge is 0.0709 e. The van der Waals surface area contributed by atoms with E-state index in [4.69, 9.17) is 0 Å². The van der Waals surface area contributed by atoms with Crippen LogP contribution in [0.15, 0.2) is 249 Å². The number of hydrogen-bond donors (Lipinski definition) is 0. The molecule has 314 valence electrons. The Morgan fingerprint density at radius 1 is 0.288 bits per heavy atom. The van der Waals surface area contributed by atoms with Crippen LogP contribution in [0.5, 0.6) is 0 Å². The van der Waals surface area contributed by atoms with Gasteiger partial charge >= 0.3 is 0 Å². The lowest BCUT2D eigenvalue weighted by molar-refractivity contribution is 0.660. The van der Waals surface area contributed by atoms with Crippen LogP contribution >= 0.6 is 0 Å². The zero-order valence-electron chi connectivity index (χ0n) is 37.0. The van der Waals surface area contributed by atoms with Gasteiger partial charge in [0, 0.05) is 33.9 Å². The van der Waals surface area contributed by atoms with E-state index in [1.165, 1.54) is 44.5 Å². The van der Waals surface area contributed by atoms with Crippen LogP contribution in [0, 0.1) is 0 Å². The van der Waals surface area contributed by atoms with Gasteiger partial charge in [0.1, 0.15) is 0 Å². The molecule has 0 radical (unpaired) electrons. The maximum Gasteiger partial charge on any atom is 0.0709 e. The molecule has 3 nitrogen and oxygen atoms in total. The Labute approximate surface area is 387 Å². The second kappa shape index (κ2) is 16.0. The summed E-state index contributed by atoms with van der Waals surface area (Å²) in [5.41, 5.74) is 22.5. The van der Waals surface area contributed by atoms with E-state index in [2.05, 4.69) is 277 Å². The van der Waals surface area contributed by atoms with Crippen LogP contribution in [0.3, 0.4) is 0 Å². The Morgan fingerprint density at radius 2 is 0.712 bits per heavy atom. The minimum absolute atomic E-state index is 0.123. The molecule has 0 spiro atoms. The van der Waals surface area contributed by atoms with Crippen LogP contribution in [0.4, 0.5) is 51.2 Å². The van der Waals surface area contributed by atoms with Crippen LogP contribution < -0.4 is 14.7 Å². The molecule has 0 atom stereocenters. The molecular weight excluding hydrogens is 799 g/mol. The van der Waals surface area contributed by atoms with E-state index in [9.17, 15) is 0 Å². The van der Waals surface area contributed by atoms with Crippen molar-refractivity contribution in [2.75, 3.05) is 14.7 Å². The van der Waals surface area contributed by atoms with Gasteiger partial charge in [0.05, 0.1) is 22.7 Å². The van der Waals surface area contributed by atoms with Crippen molar-refractivity contribution in [3.05, 3.63) is 260 Å². The van der Waals surface area contributed by atoms with Gasteiger partial charge in [-0.15, -0.1) is 0 Å². The first-order chi connectivity index (χ1) is 32.5. The first kappa shape index (κ1) is 39.2. The molecule has 0 fully saturated rings. The van der Waals surface area contributed by atoms with E-state index >= 15 is 0 Å². The third kappa shape index (κ3) is 6.67. The van der Waals surface area contributed by atoms with Gasteiger partial charge in [-0.25, -0.2) is 0 Å². The van der Waals surface area contributed by atoms with Gasteiger partial charge in [-0.3, -0.25) is 0 Å². The highest BCUT2D eigenvalue weighted by molar-refractivity contribution is 6.02. The average molecular weight is 846 g/mol. The maximum atomic E-state index is 2.42. The molecule has 10 aromatic rings. The van der Waals surface area contributed by atoms with E-state index in [0.29, 0.717) is 0 Å². The number of benzene rings is 10. The van der Waals surface area contributed by atoms with Gasteiger partial charge in [-0.1, -0.05) is 172 Å². The molecule has 0 aromatic heterocycles. The Bertz CT molecular complexity index is 3380. The van der Waals surface area contributed by atoms with E-state index < -0.39 is 0 Å². The molecule has 0 unspecified atom stereocenters. The van der Waals surface area contributed by atoms with E-state index in [1.807, 2.05) is 0 Å². The van der Waals surface area contributed by atoms with Gasteiger partial charge in [-0.05, 0) is 147 Å². The summed E-state index contributed by atoms with van der Waals surface area (Å²) in [5.74, 6) is 0. The van der Waals surface area contributed by atoms with Gasteiger partial charge in [0.25, 0.3) is 0 Å². The standard InChI is InChI=1S/C63H47N3/c1-63(2)57-26-13-12-25-55(57)56-39-38-54(43-58(56)63)64(52-34-29-45(30-35-52)48-20-16-19-47(41-48)44-17-6-3-7-18-44)53-36-31-46(32-37-53)49-33-40-61-62(42-49)66(51-23-10-5-11-24-51)60-28-15-14-27-59(60)65(61)50-21-8-4-9-22-50/h3-43H,1-2H3. The van der Waals surface area contributed by atoms with Crippen LogP contribution in [-0.4, -0.2) is 0 Å². The minimum Gasteiger partial charge on any atom is -0.310 e. The Kier molecular flexibility index (Phi) is 9.50. The quantitative estimate of drug-likeness (QED) is 0.151. The zero-order valence-corrected chi connectivity index (χ0v) is 37.0. The highest BCUT2D eigenvalue weighted by atomic mass is 15.3. The van der Waals surface area contributed by atoms with E-state index in [-0.39, 0.29) is 5.41 Å². The molecule has 0 saturated heterocycles. The molecule has 12 rings (SSSR count). The fourth-order valence-corrected chi connectivity index (χ4v) is 10.3. The summed E-state index contributed by atoms with van der Waals surface area (Å²) in [5, 5.41) is 0. The number of anilines is 9. The third-order valence-corrected chi connectivity index (χ3v) is 13.6. The lowest BCUT2D eigenvalue weighted by Gasteiger charge is -2.40. The molecule has 1 heterocycles. The van der Waals surface area contributed by atoms with Crippen molar-refractivity contribution in [1.29, 1.82) is 0 Å². The molecule has 0 bridgehead atoms. The summed E-state index contributed by atoms with van der Waals surface area (Å²) in [6, 6.07) is 90.5. The minimum atomic E-state index is -0.123. The molecule has 0 amide bonds. The molecular formula is C63H47N3. The summed E-state index contributed by atoms with van der Waals surface area (Å²) in [4.78, 5) is 7.20. The SMILES string of the molecule is CC1(C)c2ccccc2-c2ccc(N(c3ccc(-c4cccc(-c5ccccc5)c4)cc3)c3ccc(-c4ccc5c(c4)N(c4ccccc4)c4ccccc4N5c4ccccc4)cc3)cc21. The molecule has 0 saturated carbocycles. The highest BCUT2D eigenvalue weighted by Gasteiger charge is 2.36. The van der Waals surface area contributed by atoms with Crippen molar-refractivity contribution in [2.45, 2.75) is 19.3 Å². The number of hydrogen-bond acceptors (Lipinski definition) is 3. The van der Waals surface area contributed by atoms with Crippen molar-refractivity contribution in [3.63, 3.8) is 0 Å². The third-order valence-electron chi connectivity index (χ3n) is 13.6. The summed E-state index contributed by atoms with van der Waals surface area (Å²) in [6.45, 7) is 4.71. The zero-order chi connectivity index (χ0) is 44.2. The summed E-state index contributed by atoms with van der Waals surface area (Å²) < 4.78 is 0. The lowest BCUT2D eigenvalue weighted by Crippen LogP contribution is -2.24. The predicted molar refractivity (Wildman–Crippen MR) is 278 cm³/mol. The summed E-state index contributed by atoms with van der Waals surface area (Å²) in [7, 11) is 0. The number of nitrogens with zero attached hydrogens (tertiary/aromatic N) is 3.